The van der Waals surface area contributed by atoms with Gasteiger partial charge >= 0.3 is 5.97 Å². The highest BCUT2D eigenvalue weighted by atomic mass is 16.6. The number of esters is 1. The predicted octanol–water partition coefficient (Wildman–Crippen LogP) is 2.19. The van der Waals surface area contributed by atoms with E-state index in [0.717, 1.165) is 19.3 Å². The Bertz CT molecular complexity index is 243. The third-order valence-electron chi connectivity index (χ3n) is 2.02. The van der Waals surface area contributed by atoms with Gasteiger partial charge in [-0.3, -0.25) is 0 Å². The smallest absolute Gasteiger partial charge is 0.335 e. The first-order valence-corrected chi connectivity index (χ1v) is 4.93. The Morgan fingerprint density at radius 2 is 2.50 bits per heavy atom. The Morgan fingerprint density at radius 3 is 3.14 bits per heavy atom. The van der Waals surface area contributed by atoms with E-state index in [-0.39, 0.29) is 12.1 Å². The Balaban J connectivity index is 2.45. The molecule has 1 heterocycles. The van der Waals surface area contributed by atoms with Crippen molar-refractivity contribution < 1.29 is 14.3 Å². The fourth-order valence-corrected chi connectivity index (χ4v) is 1.32. The van der Waals surface area contributed by atoms with Gasteiger partial charge in [-0.05, 0) is 12.8 Å². The van der Waals surface area contributed by atoms with Crippen molar-refractivity contribution in [2.45, 2.75) is 32.3 Å². The average Bonchev–Trinajstić information content (AvgIpc) is 2.52. The summed E-state index contributed by atoms with van der Waals surface area (Å²) in [6.07, 6.45) is 5.85. The number of hydrogen-bond donors (Lipinski definition) is 0. The van der Waals surface area contributed by atoms with Crippen molar-refractivity contribution >= 4 is 5.97 Å². The lowest BCUT2D eigenvalue weighted by Crippen LogP contribution is -2.13. The number of rotatable bonds is 6. The van der Waals surface area contributed by atoms with Crippen LogP contribution in [0.2, 0.25) is 0 Å². The van der Waals surface area contributed by atoms with E-state index < -0.39 is 0 Å². The first kappa shape index (κ1) is 10.8. The molecule has 0 aromatic rings. The van der Waals surface area contributed by atoms with Gasteiger partial charge in [0.2, 0.25) is 0 Å². The number of unbranched alkanes of at least 4 members (excludes halogenated alkanes) is 1. The SMILES string of the molecule is C=CCOC1=CC(=O)OC1CCCC. The zero-order valence-corrected chi connectivity index (χ0v) is 8.49. The first-order valence-electron chi connectivity index (χ1n) is 4.93. The molecule has 1 unspecified atom stereocenters. The lowest BCUT2D eigenvalue weighted by Gasteiger charge is -2.13. The van der Waals surface area contributed by atoms with E-state index in [0.29, 0.717) is 12.4 Å². The van der Waals surface area contributed by atoms with E-state index in [4.69, 9.17) is 9.47 Å². The molecule has 0 aromatic carbocycles. The van der Waals surface area contributed by atoms with Crippen LogP contribution in [-0.4, -0.2) is 18.7 Å². The van der Waals surface area contributed by atoms with E-state index in [1.54, 1.807) is 6.08 Å². The minimum Gasteiger partial charge on any atom is -0.490 e. The third-order valence-corrected chi connectivity index (χ3v) is 2.02. The maximum absolute atomic E-state index is 11.0. The van der Waals surface area contributed by atoms with Crippen LogP contribution in [0, 0.1) is 0 Å². The Hall–Kier alpha value is -1.25. The van der Waals surface area contributed by atoms with Gasteiger partial charge in [-0.2, -0.15) is 0 Å². The average molecular weight is 196 g/mol. The predicted molar refractivity (Wildman–Crippen MR) is 53.6 cm³/mol. The van der Waals surface area contributed by atoms with Gasteiger partial charge in [0.05, 0.1) is 6.08 Å². The number of hydrogen-bond acceptors (Lipinski definition) is 3. The molecule has 1 aliphatic heterocycles. The summed E-state index contributed by atoms with van der Waals surface area (Å²) in [4.78, 5) is 11.0. The Kier molecular flexibility index (Phi) is 4.23. The molecule has 1 aliphatic rings. The molecule has 1 rings (SSSR count). The van der Waals surface area contributed by atoms with Crippen LogP contribution in [0.1, 0.15) is 26.2 Å². The molecular weight excluding hydrogens is 180 g/mol. The van der Waals surface area contributed by atoms with Crippen LogP contribution in [0.15, 0.2) is 24.5 Å². The van der Waals surface area contributed by atoms with Crippen molar-refractivity contribution in [3.8, 4) is 0 Å². The molecule has 78 valence electrons. The zero-order valence-electron chi connectivity index (χ0n) is 8.49. The lowest BCUT2D eigenvalue weighted by atomic mass is 10.1. The van der Waals surface area contributed by atoms with Crippen molar-refractivity contribution in [1.82, 2.24) is 0 Å². The third kappa shape index (κ3) is 2.91. The molecule has 0 radical (unpaired) electrons. The van der Waals surface area contributed by atoms with Gasteiger partial charge in [-0.15, -0.1) is 0 Å². The van der Waals surface area contributed by atoms with Crippen LogP contribution >= 0.6 is 0 Å². The summed E-state index contributed by atoms with van der Waals surface area (Å²) in [6, 6.07) is 0. The largest absolute Gasteiger partial charge is 0.490 e. The molecule has 3 nitrogen and oxygen atoms in total. The summed E-state index contributed by atoms with van der Waals surface area (Å²) in [6.45, 7) is 6.07. The standard InChI is InChI=1S/C11H16O3/c1-3-5-6-9-10(13-7-4-2)8-11(12)14-9/h4,8-9H,2-3,5-7H2,1H3. The normalized spacial score (nSPS) is 20.2. The topological polar surface area (TPSA) is 35.5 Å². The van der Waals surface area contributed by atoms with Crippen LogP contribution in [0.5, 0.6) is 0 Å². The molecule has 1 atom stereocenters. The zero-order chi connectivity index (χ0) is 10.4. The van der Waals surface area contributed by atoms with Gasteiger partial charge < -0.3 is 9.47 Å². The summed E-state index contributed by atoms with van der Waals surface area (Å²) < 4.78 is 10.4. The van der Waals surface area contributed by atoms with E-state index in [2.05, 4.69) is 13.5 Å². The molecule has 0 spiro atoms. The van der Waals surface area contributed by atoms with E-state index in [1.807, 2.05) is 0 Å². The van der Waals surface area contributed by atoms with Gasteiger partial charge in [0, 0.05) is 0 Å². The second-order valence-corrected chi connectivity index (χ2v) is 3.21. The number of ether oxygens (including phenoxy) is 2. The summed E-state index contributed by atoms with van der Waals surface area (Å²) in [5.74, 6) is 0.341. The van der Waals surface area contributed by atoms with Gasteiger partial charge in [-0.25, -0.2) is 4.79 Å². The van der Waals surface area contributed by atoms with Crippen LogP contribution in [-0.2, 0) is 14.3 Å². The number of carbonyl (C=O) groups excluding carboxylic acids is 1. The van der Waals surface area contributed by atoms with Crippen molar-refractivity contribution in [3.63, 3.8) is 0 Å². The fraction of sp³-hybridized carbons (Fsp3) is 0.545. The van der Waals surface area contributed by atoms with E-state index in [1.165, 1.54) is 6.08 Å². The van der Waals surface area contributed by atoms with Crippen molar-refractivity contribution in [2.75, 3.05) is 6.61 Å². The first-order chi connectivity index (χ1) is 6.77. The summed E-state index contributed by atoms with van der Waals surface area (Å²) in [5.41, 5.74) is 0. The minimum absolute atomic E-state index is 0.178. The molecule has 0 aliphatic carbocycles. The molecule has 0 bridgehead atoms. The summed E-state index contributed by atoms with van der Waals surface area (Å²) in [5, 5.41) is 0. The molecular formula is C11H16O3. The lowest BCUT2D eigenvalue weighted by molar-refractivity contribution is -0.139. The van der Waals surface area contributed by atoms with Crippen LogP contribution in [0.3, 0.4) is 0 Å². The maximum atomic E-state index is 11.0. The van der Waals surface area contributed by atoms with Crippen molar-refractivity contribution in [3.05, 3.63) is 24.5 Å². The van der Waals surface area contributed by atoms with Gasteiger partial charge in [0.15, 0.2) is 6.10 Å². The maximum Gasteiger partial charge on any atom is 0.335 e. The summed E-state index contributed by atoms with van der Waals surface area (Å²) in [7, 11) is 0. The molecule has 14 heavy (non-hydrogen) atoms. The quantitative estimate of drug-likeness (QED) is 0.482. The summed E-state index contributed by atoms with van der Waals surface area (Å²) >= 11 is 0. The van der Waals surface area contributed by atoms with Crippen LogP contribution in [0.25, 0.3) is 0 Å². The minimum atomic E-state index is -0.301. The van der Waals surface area contributed by atoms with Crippen LogP contribution < -0.4 is 0 Å². The molecule has 0 N–H and O–H groups in total. The molecule has 3 heteroatoms. The second-order valence-electron chi connectivity index (χ2n) is 3.21. The van der Waals surface area contributed by atoms with Crippen LogP contribution in [0.4, 0.5) is 0 Å². The number of carbonyl (C=O) groups is 1. The van der Waals surface area contributed by atoms with Crippen molar-refractivity contribution in [1.29, 1.82) is 0 Å². The molecule has 0 saturated carbocycles. The fourth-order valence-electron chi connectivity index (χ4n) is 1.32. The molecule has 0 fully saturated rings. The van der Waals surface area contributed by atoms with Gasteiger partial charge in [0.25, 0.3) is 0 Å². The molecule has 0 aromatic heterocycles. The highest BCUT2D eigenvalue weighted by Gasteiger charge is 2.26. The monoisotopic (exact) mass is 196 g/mol. The Morgan fingerprint density at radius 1 is 1.71 bits per heavy atom. The molecule has 0 saturated heterocycles. The van der Waals surface area contributed by atoms with E-state index >= 15 is 0 Å². The van der Waals surface area contributed by atoms with Gasteiger partial charge in [-0.1, -0.05) is 26.0 Å². The Labute approximate surface area is 84.4 Å². The second kappa shape index (κ2) is 5.47. The van der Waals surface area contributed by atoms with E-state index in [9.17, 15) is 4.79 Å². The highest BCUT2D eigenvalue weighted by molar-refractivity contribution is 5.85. The van der Waals surface area contributed by atoms with Crippen molar-refractivity contribution in [2.24, 2.45) is 0 Å². The number of cyclic esters (lactones) is 1. The molecule has 0 amide bonds. The highest BCUT2D eigenvalue weighted by Crippen LogP contribution is 2.21. The van der Waals surface area contributed by atoms with Gasteiger partial charge in [0.1, 0.15) is 12.4 Å².